The first kappa shape index (κ1) is 13.5. The van der Waals surface area contributed by atoms with Gasteiger partial charge in [0.25, 0.3) is 0 Å². The van der Waals surface area contributed by atoms with Crippen LogP contribution in [0.4, 0.5) is 5.69 Å². The highest BCUT2D eigenvalue weighted by Gasteiger charge is 2.23. The van der Waals surface area contributed by atoms with Gasteiger partial charge in [-0.05, 0) is 56.2 Å². The number of nitrogens with zero attached hydrogens (tertiary/aromatic N) is 2. The Morgan fingerprint density at radius 1 is 1.25 bits per heavy atom. The van der Waals surface area contributed by atoms with E-state index in [-0.39, 0.29) is 0 Å². The van der Waals surface area contributed by atoms with E-state index >= 15 is 0 Å². The Balaban J connectivity index is 2.04. The van der Waals surface area contributed by atoms with E-state index in [2.05, 4.69) is 24.5 Å². The summed E-state index contributed by atoms with van der Waals surface area (Å²) in [6.45, 7) is 4.59. The third-order valence-electron chi connectivity index (χ3n) is 4.61. The van der Waals surface area contributed by atoms with Crippen LogP contribution < -0.4 is 5.73 Å². The zero-order chi connectivity index (χ0) is 14.1. The summed E-state index contributed by atoms with van der Waals surface area (Å²) in [5.74, 6) is 2.12. The predicted molar refractivity (Wildman–Crippen MR) is 84.8 cm³/mol. The van der Waals surface area contributed by atoms with E-state index in [1.54, 1.807) is 0 Å². The molecule has 1 heterocycles. The van der Waals surface area contributed by atoms with E-state index in [1.165, 1.54) is 37.0 Å². The van der Waals surface area contributed by atoms with E-state index < -0.39 is 0 Å². The van der Waals surface area contributed by atoms with Gasteiger partial charge in [0.2, 0.25) is 0 Å². The molecule has 0 amide bonds. The zero-order valence-corrected chi connectivity index (χ0v) is 12.6. The van der Waals surface area contributed by atoms with Gasteiger partial charge in [-0.1, -0.05) is 13.8 Å². The molecule has 2 N–H and O–H groups in total. The molecule has 1 aromatic heterocycles. The number of benzene rings is 1. The maximum Gasteiger partial charge on any atom is 0.110 e. The molecule has 1 aliphatic carbocycles. The fraction of sp³-hybridized carbons (Fsp3) is 0.588. The Bertz CT molecular complexity index is 592. The average molecular weight is 271 g/mol. The van der Waals surface area contributed by atoms with Crippen LogP contribution >= 0.6 is 0 Å². The van der Waals surface area contributed by atoms with Gasteiger partial charge in [-0.25, -0.2) is 4.98 Å². The first-order valence-corrected chi connectivity index (χ1v) is 7.95. The Kier molecular flexibility index (Phi) is 3.68. The molecule has 3 heteroatoms. The van der Waals surface area contributed by atoms with Crippen LogP contribution in [0.3, 0.4) is 0 Å². The summed E-state index contributed by atoms with van der Waals surface area (Å²) in [6, 6.07) is 6.79. The molecule has 0 unspecified atom stereocenters. The Morgan fingerprint density at radius 2 is 2.00 bits per heavy atom. The fourth-order valence-electron chi connectivity index (χ4n) is 3.47. The van der Waals surface area contributed by atoms with E-state index in [9.17, 15) is 0 Å². The van der Waals surface area contributed by atoms with Crippen molar-refractivity contribution in [2.75, 3.05) is 5.73 Å². The number of hydrogen-bond acceptors (Lipinski definition) is 2. The minimum atomic E-state index is 0.626. The van der Waals surface area contributed by atoms with Gasteiger partial charge in [-0.3, -0.25) is 0 Å². The number of nitrogens with two attached hydrogens (primary N) is 1. The molecule has 108 valence electrons. The Hall–Kier alpha value is -1.51. The zero-order valence-electron chi connectivity index (χ0n) is 12.6. The topological polar surface area (TPSA) is 43.8 Å². The first-order chi connectivity index (χ1) is 9.69. The van der Waals surface area contributed by atoms with Crippen LogP contribution in [-0.2, 0) is 6.42 Å². The number of aromatic nitrogens is 2. The molecule has 1 aliphatic rings. The van der Waals surface area contributed by atoms with Crippen molar-refractivity contribution in [1.29, 1.82) is 0 Å². The predicted octanol–water partition coefficient (Wildman–Crippen LogP) is 4.32. The summed E-state index contributed by atoms with van der Waals surface area (Å²) >= 11 is 0. The molecule has 2 aromatic rings. The standard InChI is InChI=1S/C17H25N3/c1-3-4-17-19-15-11-13(18)7-10-16(15)20(17)14-8-5-12(2)6-9-14/h7,10-12,14H,3-6,8-9,18H2,1-2H3. The molecule has 0 bridgehead atoms. The maximum atomic E-state index is 5.90. The van der Waals surface area contributed by atoms with Crippen LogP contribution in [0, 0.1) is 5.92 Å². The Morgan fingerprint density at radius 3 is 2.70 bits per heavy atom. The van der Waals surface area contributed by atoms with Crippen molar-refractivity contribution in [3.8, 4) is 0 Å². The maximum absolute atomic E-state index is 5.90. The highest BCUT2D eigenvalue weighted by Crippen LogP contribution is 2.35. The van der Waals surface area contributed by atoms with Crippen molar-refractivity contribution in [2.24, 2.45) is 5.92 Å². The Labute approximate surface area is 121 Å². The van der Waals surface area contributed by atoms with Crippen molar-refractivity contribution < 1.29 is 0 Å². The van der Waals surface area contributed by atoms with Crippen LogP contribution in [-0.4, -0.2) is 9.55 Å². The summed E-state index contributed by atoms with van der Waals surface area (Å²) in [4.78, 5) is 4.84. The summed E-state index contributed by atoms with van der Waals surface area (Å²) in [7, 11) is 0. The smallest absolute Gasteiger partial charge is 0.110 e. The second-order valence-corrected chi connectivity index (χ2v) is 6.31. The highest BCUT2D eigenvalue weighted by molar-refractivity contribution is 5.79. The van der Waals surface area contributed by atoms with Gasteiger partial charge in [-0.15, -0.1) is 0 Å². The molecule has 0 spiro atoms. The quantitative estimate of drug-likeness (QED) is 0.845. The lowest BCUT2D eigenvalue weighted by Gasteiger charge is -2.29. The van der Waals surface area contributed by atoms with Gasteiger partial charge in [-0.2, -0.15) is 0 Å². The number of hydrogen-bond donors (Lipinski definition) is 1. The molecule has 0 radical (unpaired) electrons. The number of imidazole rings is 1. The number of fused-ring (bicyclic) bond motifs is 1. The molecule has 3 nitrogen and oxygen atoms in total. The third kappa shape index (κ3) is 2.41. The van der Waals surface area contributed by atoms with Crippen LogP contribution in [0.1, 0.15) is 57.8 Å². The highest BCUT2D eigenvalue weighted by atomic mass is 15.1. The number of aryl methyl sites for hydroxylation is 1. The molecular weight excluding hydrogens is 246 g/mol. The molecule has 1 fully saturated rings. The normalized spacial score (nSPS) is 23.3. The lowest BCUT2D eigenvalue weighted by Crippen LogP contribution is -2.18. The van der Waals surface area contributed by atoms with Crippen LogP contribution in [0.2, 0.25) is 0 Å². The van der Waals surface area contributed by atoms with Gasteiger partial charge >= 0.3 is 0 Å². The minimum Gasteiger partial charge on any atom is -0.399 e. The first-order valence-electron chi connectivity index (χ1n) is 7.95. The molecule has 1 aromatic carbocycles. The van der Waals surface area contributed by atoms with Crippen molar-refractivity contribution in [2.45, 2.75) is 58.4 Å². The van der Waals surface area contributed by atoms with Gasteiger partial charge in [0, 0.05) is 18.2 Å². The van der Waals surface area contributed by atoms with Crippen molar-refractivity contribution in [1.82, 2.24) is 9.55 Å². The monoisotopic (exact) mass is 271 g/mol. The van der Waals surface area contributed by atoms with Crippen LogP contribution in [0.15, 0.2) is 18.2 Å². The minimum absolute atomic E-state index is 0.626. The second kappa shape index (κ2) is 5.47. The van der Waals surface area contributed by atoms with Gasteiger partial charge < -0.3 is 10.3 Å². The molecule has 3 rings (SSSR count). The van der Waals surface area contributed by atoms with Crippen LogP contribution in [0.25, 0.3) is 11.0 Å². The van der Waals surface area contributed by atoms with Crippen molar-refractivity contribution in [3.05, 3.63) is 24.0 Å². The lowest BCUT2D eigenvalue weighted by atomic mass is 9.87. The van der Waals surface area contributed by atoms with E-state index in [0.29, 0.717) is 6.04 Å². The summed E-state index contributed by atoms with van der Waals surface area (Å²) in [5.41, 5.74) is 9.04. The van der Waals surface area contributed by atoms with Gasteiger partial charge in [0.05, 0.1) is 11.0 Å². The summed E-state index contributed by atoms with van der Waals surface area (Å²) < 4.78 is 2.50. The molecule has 20 heavy (non-hydrogen) atoms. The molecule has 0 aliphatic heterocycles. The molecule has 0 saturated heterocycles. The molecule has 1 saturated carbocycles. The lowest BCUT2D eigenvalue weighted by molar-refractivity contribution is 0.289. The van der Waals surface area contributed by atoms with E-state index in [1.807, 2.05) is 12.1 Å². The van der Waals surface area contributed by atoms with Crippen molar-refractivity contribution in [3.63, 3.8) is 0 Å². The van der Waals surface area contributed by atoms with E-state index in [0.717, 1.165) is 30.0 Å². The fourth-order valence-corrected chi connectivity index (χ4v) is 3.47. The summed E-state index contributed by atoms with van der Waals surface area (Å²) in [6.07, 6.45) is 7.44. The molecular formula is C17H25N3. The number of anilines is 1. The number of rotatable bonds is 3. The number of nitrogen functional groups attached to an aromatic ring is 1. The molecule has 0 atom stereocenters. The summed E-state index contributed by atoms with van der Waals surface area (Å²) in [5, 5.41) is 0. The van der Waals surface area contributed by atoms with Gasteiger partial charge in [0.15, 0.2) is 0 Å². The van der Waals surface area contributed by atoms with Gasteiger partial charge in [0.1, 0.15) is 5.82 Å². The second-order valence-electron chi connectivity index (χ2n) is 6.31. The van der Waals surface area contributed by atoms with E-state index in [4.69, 9.17) is 10.7 Å². The average Bonchev–Trinajstić information content (AvgIpc) is 2.77. The van der Waals surface area contributed by atoms with Crippen molar-refractivity contribution >= 4 is 16.7 Å². The third-order valence-corrected chi connectivity index (χ3v) is 4.61. The SMILES string of the molecule is CCCc1nc2cc(N)ccc2n1C1CCC(C)CC1. The van der Waals surface area contributed by atoms with Crippen LogP contribution in [0.5, 0.6) is 0 Å². The largest absolute Gasteiger partial charge is 0.399 e.